The normalized spacial score (nSPS) is 12.6. The summed E-state index contributed by atoms with van der Waals surface area (Å²) in [6.45, 7) is 5.37. The minimum Gasteiger partial charge on any atom is -0.310 e. The zero-order valence-corrected chi connectivity index (χ0v) is 13.0. The zero-order chi connectivity index (χ0) is 12.3. The molecule has 0 spiro atoms. The molecule has 0 bridgehead atoms. The van der Waals surface area contributed by atoms with Gasteiger partial charge in [0.15, 0.2) is 0 Å². The van der Waals surface area contributed by atoms with Crippen molar-refractivity contribution in [2.75, 3.05) is 6.54 Å². The van der Waals surface area contributed by atoms with Gasteiger partial charge in [0.1, 0.15) is 0 Å². The van der Waals surface area contributed by atoms with Crippen molar-refractivity contribution in [3.8, 4) is 10.4 Å². The Kier molecular flexibility index (Phi) is 4.59. The van der Waals surface area contributed by atoms with Crippen LogP contribution in [0.2, 0.25) is 0 Å². The number of benzene rings is 1. The standard InChI is InChI=1S/C14H16INS/c1-3-16-10(2)13-8-9-14(17-13)11-6-4-5-7-12(11)15/h4-10,16H,3H2,1-2H3. The fraction of sp³-hybridized carbons (Fsp3) is 0.286. The predicted molar refractivity (Wildman–Crippen MR) is 84.6 cm³/mol. The molecule has 0 fully saturated rings. The Hall–Kier alpha value is -0.390. The van der Waals surface area contributed by atoms with Crippen molar-refractivity contribution >= 4 is 33.9 Å². The fourth-order valence-corrected chi connectivity index (χ4v) is 3.73. The molecule has 2 aromatic rings. The van der Waals surface area contributed by atoms with Crippen LogP contribution in [0, 0.1) is 3.57 Å². The molecule has 1 unspecified atom stereocenters. The smallest absolute Gasteiger partial charge is 0.0386 e. The Morgan fingerprint density at radius 3 is 2.71 bits per heavy atom. The van der Waals surface area contributed by atoms with Crippen molar-refractivity contribution < 1.29 is 0 Å². The molecule has 3 heteroatoms. The van der Waals surface area contributed by atoms with Crippen LogP contribution in [0.1, 0.15) is 24.8 Å². The molecule has 17 heavy (non-hydrogen) atoms. The molecule has 90 valence electrons. The summed E-state index contributed by atoms with van der Waals surface area (Å²) >= 11 is 4.28. The minimum atomic E-state index is 0.445. The Labute approximate surface area is 120 Å². The largest absolute Gasteiger partial charge is 0.310 e. The average molecular weight is 357 g/mol. The van der Waals surface area contributed by atoms with Crippen LogP contribution in [0.15, 0.2) is 36.4 Å². The summed E-state index contributed by atoms with van der Waals surface area (Å²) < 4.78 is 1.31. The number of rotatable bonds is 4. The maximum absolute atomic E-state index is 3.45. The van der Waals surface area contributed by atoms with E-state index in [0.717, 1.165) is 6.54 Å². The number of halogens is 1. The summed E-state index contributed by atoms with van der Waals surface area (Å²) in [5.74, 6) is 0. The van der Waals surface area contributed by atoms with Crippen LogP contribution in [0.3, 0.4) is 0 Å². The van der Waals surface area contributed by atoms with Crippen LogP contribution in [0.25, 0.3) is 10.4 Å². The van der Waals surface area contributed by atoms with Gasteiger partial charge in [-0.1, -0.05) is 25.1 Å². The molecule has 0 saturated carbocycles. The Morgan fingerprint density at radius 1 is 1.24 bits per heavy atom. The molecule has 0 radical (unpaired) electrons. The van der Waals surface area contributed by atoms with E-state index in [1.54, 1.807) is 0 Å². The molecule has 1 aromatic carbocycles. The maximum atomic E-state index is 3.45. The highest BCUT2D eigenvalue weighted by molar-refractivity contribution is 14.1. The first kappa shape index (κ1) is 13.1. The Morgan fingerprint density at radius 2 is 2.00 bits per heavy atom. The van der Waals surface area contributed by atoms with E-state index in [-0.39, 0.29) is 0 Å². The van der Waals surface area contributed by atoms with Crippen molar-refractivity contribution in [3.05, 3.63) is 44.8 Å². The van der Waals surface area contributed by atoms with E-state index in [1.807, 2.05) is 11.3 Å². The molecule has 0 aliphatic heterocycles. The minimum absolute atomic E-state index is 0.445. The van der Waals surface area contributed by atoms with Gasteiger partial charge >= 0.3 is 0 Å². The van der Waals surface area contributed by atoms with Gasteiger partial charge in [-0.05, 0) is 54.3 Å². The van der Waals surface area contributed by atoms with Gasteiger partial charge in [-0.2, -0.15) is 0 Å². The molecule has 0 amide bonds. The van der Waals surface area contributed by atoms with Gasteiger partial charge < -0.3 is 5.32 Å². The third-order valence-electron chi connectivity index (χ3n) is 2.70. The van der Waals surface area contributed by atoms with Gasteiger partial charge in [0.05, 0.1) is 0 Å². The molecule has 0 aliphatic rings. The quantitative estimate of drug-likeness (QED) is 0.783. The first-order valence-corrected chi connectivity index (χ1v) is 7.70. The summed E-state index contributed by atoms with van der Waals surface area (Å²) in [6, 6.07) is 13.4. The fourth-order valence-electron chi connectivity index (χ4n) is 1.80. The van der Waals surface area contributed by atoms with Gasteiger partial charge in [0, 0.05) is 24.9 Å². The van der Waals surface area contributed by atoms with Crippen LogP contribution >= 0.6 is 33.9 Å². The summed E-state index contributed by atoms with van der Waals surface area (Å²) in [4.78, 5) is 2.76. The number of nitrogens with one attached hydrogen (secondary N) is 1. The topological polar surface area (TPSA) is 12.0 Å². The second kappa shape index (κ2) is 5.98. The molecule has 2 rings (SSSR count). The predicted octanol–water partition coefficient (Wildman–Crippen LogP) is 4.69. The molecule has 1 nitrogen and oxygen atoms in total. The van der Waals surface area contributed by atoms with Gasteiger partial charge in [0.25, 0.3) is 0 Å². The second-order valence-corrected chi connectivity index (χ2v) is 6.24. The van der Waals surface area contributed by atoms with Crippen molar-refractivity contribution in [1.82, 2.24) is 5.32 Å². The highest BCUT2D eigenvalue weighted by atomic mass is 127. The van der Waals surface area contributed by atoms with Gasteiger partial charge in [-0.3, -0.25) is 0 Å². The van der Waals surface area contributed by atoms with Crippen molar-refractivity contribution in [1.29, 1.82) is 0 Å². The van der Waals surface area contributed by atoms with Crippen LogP contribution in [0.4, 0.5) is 0 Å². The highest BCUT2D eigenvalue weighted by Gasteiger charge is 2.09. The van der Waals surface area contributed by atoms with Crippen molar-refractivity contribution in [2.45, 2.75) is 19.9 Å². The van der Waals surface area contributed by atoms with Crippen molar-refractivity contribution in [3.63, 3.8) is 0 Å². The van der Waals surface area contributed by atoms with E-state index in [1.165, 1.54) is 18.9 Å². The lowest BCUT2D eigenvalue weighted by atomic mass is 10.2. The first-order valence-electron chi connectivity index (χ1n) is 5.80. The lowest BCUT2D eigenvalue weighted by molar-refractivity contribution is 0.607. The van der Waals surface area contributed by atoms with Gasteiger partial charge in [-0.25, -0.2) is 0 Å². The Balaban J connectivity index is 2.27. The maximum Gasteiger partial charge on any atom is 0.0386 e. The van der Waals surface area contributed by atoms with E-state index >= 15 is 0 Å². The van der Waals surface area contributed by atoms with Crippen LogP contribution in [-0.2, 0) is 0 Å². The summed E-state index contributed by atoms with van der Waals surface area (Å²) in [5, 5.41) is 3.45. The molecule has 1 atom stereocenters. The monoisotopic (exact) mass is 357 g/mol. The number of hydrogen-bond acceptors (Lipinski definition) is 2. The Bertz CT molecular complexity index is 492. The number of hydrogen-bond donors (Lipinski definition) is 1. The molecular formula is C14H16INS. The average Bonchev–Trinajstić information content (AvgIpc) is 2.79. The first-order chi connectivity index (χ1) is 8.22. The summed E-state index contributed by atoms with van der Waals surface area (Å²) in [7, 11) is 0. The lowest BCUT2D eigenvalue weighted by Crippen LogP contribution is -2.16. The van der Waals surface area contributed by atoms with E-state index in [9.17, 15) is 0 Å². The van der Waals surface area contributed by atoms with E-state index in [4.69, 9.17) is 0 Å². The SMILES string of the molecule is CCNC(C)c1ccc(-c2ccccc2I)s1. The molecular weight excluding hydrogens is 341 g/mol. The second-order valence-electron chi connectivity index (χ2n) is 3.96. The van der Waals surface area contributed by atoms with Gasteiger partial charge in [-0.15, -0.1) is 11.3 Å². The lowest BCUT2D eigenvalue weighted by Gasteiger charge is -2.09. The van der Waals surface area contributed by atoms with E-state index in [0.29, 0.717) is 6.04 Å². The van der Waals surface area contributed by atoms with Crippen LogP contribution in [0.5, 0.6) is 0 Å². The third-order valence-corrected chi connectivity index (χ3v) is 4.95. The molecule has 1 aromatic heterocycles. The summed E-state index contributed by atoms with van der Waals surface area (Å²) in [5.41, 5.74) is 1.34. The molecule has 1 N–H and O–H groups in total. The summed E-state index contributed by atoms with van der Waals surface area (Å²) in [6.07, 6.45) is 0. The van der Waals surface area contributed by atoms with E-state index < -0.39 is 0 Å². The van der Waals surface area contributed by atoms with Crippen LogP contribution < -0.4 is 5.32 Å². The zero-order valence-electron chi connectivity index (χ0n) is 10.0. The third kappa shape index (κ3) is 3.09. The van der Waals surface area contributed by atoms with E-state index in [2.05, 4.69) is 78.2 Å². The molecule has 0 aliphatic carbocycles. The molecule has 1 heterocycles. The number of thiophene rings is 1. The van der Waals surface area contributed by atoms with Crippen LogP contribution in [-0.4, -0.2) is 6.54 Å². The molecule has 0 saturated heterocycles. The van der Waals surface area contributed by atoms with Crippen molar-refractivity contribution in [2.24, 2.45) is 0 Å². The van der Waals surface area contributed by atoms with Gasteiger partial charge in [0.2, 0.25) is 0 Å². The highest BCUT2D eigenvalue weighted by Crippen LogP contribution is 2.33.